The van der Waals surface area contributed by atoms with Gasteiger partial charge in [0.25, 0.3) is 5.69 Å². The summed E-state index contributed by atoms with van der Waals surface area (Å²) in [4.78, 5) is 14.1. The number of rotatable bonds is 4. The van der Waals surface area contributed by atoms with Crippen LogP contribution < -0.4 is 9.84 Å². The van der Waals surface area contributed by atoms with E-state index in [4.69, 9.17) is 16.3 Å². The second kappa shape index (κ2) is 6.23. The molecule has 0 aromatic heterocycles. The number of hydrogen-bond acceptors (Lipinski definition) is 5. The molecule has 0 unspecified atom stereocenters. The first kappa shape index (κ1) is 14.8. The summed E-state index contributed by atoms with van der Waals surface area (Å²) in [5.74, 6) is -0.0430. The number of benzene rings is 2. The monoisotopic (exact) mass is 305 g/mol. The minimum Gasteiger partial charge on any atom is -0.867 e. The van der Waals surface area contributed by atoms with Crippen molar-refractivity contribution in [1.29, 1.82) is 0 Å². The smallest absolute Gasteiger partial charge is 0.263 e. The Kier molecular flexibility index (Phi) is 4.39. The number of hydrogen-bond donors (Lipinski definition) is 0. The fourth-order valence-corrected chi connectivity index (χ4v) is 1.86. The molecule has 0 saturated heterocycles. The Bertz CT molecular complexity index is 699. The molecule has 2 aromatic rings. The van der Waals surface area contributed by atoms with Crippen LogP contribution >= 0.6 is 11.6 Å². The van der Waals surface area contributed by atoms with E-state index in [0.29, 0.717) is 11.4 Å². The van der Waals surface area contributed by atoms with E-state index in [-0.39, 0.29) is 10.6 Å². The number of halogens is 1. The third-order valence-corrected chi connectivity index (χ3v) is 2.90. The van der Waals surface area contributed by atoms with Crippen molar-refractivity contribution in [2.45, 2.75) is 0 Å². The molecule has 6 nitrogen and oxygen atoms in total. The lowest BCUT2D eigenvalue weighted by molar-refractivity contribution is -0.398. The first-order valence-electron chi connectivity index (χ1n) is 5.84. The van der Waals surface area contributed by atoms with E-state index in [1.54, 1.807) is 31.4 Å². The summed E-state index contributed by atoms with van der Waals surface area (Å²) in [6, 6.07) is 9.17. The Morgan fingerprint density at radius 2 is 1.95 bits per heavy atom. The molecule has 0 spiro atoms. The van der Waals surface area contributed by atoms with Crippen LogP contribution in [0.25, 0.3) is 0 Å². The molecule has 0 fully saturated rings. The number of nitrogens with zero attached hydrogens (tertiary/aromatic N) is 2. The van der Waals surface area contributed by atoms with Gasteiger partial charge in [0.05, 0.1) is 17.7 Å². The van der Waals surface area contributed by atoms with Crippen LogP contribution in [-0.4, -0.2) is 18.2 Å². The molecule has 0 heterocycles. The van der Waals surface area contributed by atoms with Gasteiger partial charge < -0.3 is 9.84 Å². The van der Waals surface area contributed by atoms with Gasteiger partial charge >= 0.3 is 0 Å². The molecule has 0 atom stereocenters. The van der Waals surface area contributed by atoms with Crippen molar-refractivity contribution in [3.8, 4) is 11.5 Å². The molecule has 2 rings (SSSR count). The third kappa shape index (κ3) is 3.49. The number of ether oxygens (including phenoxy) is 1. The van der Waals surface area contributed by atoms with Crippen molar-refractivity contribution in [2.24, 2.45) is 4.99 Å². The van der Waals surface area contributed by atoms with E-state index in [1.807, 2.05) is 0 Å². The summed E-state index contributed by atoms with van der Waals surface area (Å²) in [5.41, 5.74) is 0.0709. The summed E-state index contributed by atoms with van der Waals surface area (Å²) < 4.78 is 5.01. The molecule has 0 aliphatic rings. The second-order valence-electron chi connectivity index (χ2n) is 4.06. The Hall–Kier alpha value is -2.60. The van der Waals surface area contributed by atoms with Crippen molar-refractivity contribution >= 4 is 29.2 Å². The molecule has 7 heteroatoms. The molecule has 0 N–H and O–H groups in total. The number of nitro benzene ring substituents is 1. The second-order valence-corrected chi connectivity index (χ2v) is 4.49. The number of aliphatic imine (C=N–C) groups is 1. The van der Waals surface area contributed by atoms with Gasteiger partial charge in [0.1, 0.15) is 5.75 Å². The molecule has 0 aliphatic heterocycles. The Morgan fingerprint density at radius 1 is 1.29 bits per heavy atom. The van der Waals surface area contributed by atoms with Gasteiger partial charge in [-0.05, 0) is 41.6 Å². The minimum absolute atomic E-state index is 0.0602. The van der Waals surface area contributed by atoms with E-state index < -0.39 is 16.4 Å². The van der Waals surface area contributed by atoms with Gasteiger partial charge in [-0.25, -0.2) is 0 Å². The highest BCUT2D eigenvalue weighted by Crippen LogP contribution is 2.30. The van der Waals surface area contributed by atoms with Crippen LogP contribution in [0.5, 0.6) is 11.5 Å². The summed E-state index contributed by atoms with van der Waals surface area (Å²) in [7, 11) is 1.55. The predicted molar refractivity (Wildman–Crippen MR) is 77.8 cm³/mol. The minimum atomic E-state index is -0.765. The van der Waals surface area contributed by atoms with Crippen molar-refractivity contribution in [3.63, 3.8) is 0 Å². The van der Waals surface area contributed by atoms with E-state index >= 15 is 0 Å². The normalized spacial score (nSPS) is 10.8. The Labute approximate surface area is 125 Å². The Morgan fingerprint density at radius 3 is 2.52 bits per heavy atom. The van der Waals surface area contributed by atoms with Crippen LogP contribution in [0.3, 0.4) is 0 Å². The zero-order valence-corrected chi connectivity index (χ0v) is 11.7. The molecule has 0 bridgehead atoms. The molecule has 0 aliphatic carbocycles. The molecular formula is C14H10ClN2O4-. The van der Waals surface area contributed by atoms with Gasteiger partial charge in [-0.1, -0.05) is 11.6 Å². The van der Waals surface area contributed by atoms with Crippen LogP contribution in [0.2, 0.25) is 5.02 Å². The zero-order chi connectivity index (χ0) is 15.4. The van der Waals surface area contributed by atoms with E-state index in [9.17, 15) is 15.2 Å². The fourth-order valence-electron chi connectivity index (χ4n) is 1.64. The van der Waals surface area contributed by atoms with E-state index in [1.165, 1.54) is 12.3 Å². The van der Waals surface area contributed by atoms with Gasteiger partial charge in [0.15, 0.2) is 0 Å². The lowest BCUT2D eigenvalue weighted by Crippen LogP contribution is -2.02. The lowest BCUT2D eigenvalue weighted by atomic mass is 10.2. The highest BCUT2D eigenvalue weighted by molar-refractivity contribution is 6.31. The predicted octanol–water partition coefficient (Wildman–Crippen LogP) is 3.08. The fraction of sp³-hybridized carbons (Fsp3) is 0.0714. The van der Waals surface area contributed by atoms with Gasteiger partial charge in [-0.15, -0.1) is 0 Å². The lowest BCUT2D eigenvalue weighted by Gasteiger charge is -2.10. The zero-order valence-electron chi connectivity index (χ0n) is 10.9. The maximum absolute atomic E-state index is 11.9. The van der Waals surface area contributed by atoms with Crippen LogP contribution in [-0.2, 0) is 0 Å². The molecule has 0 radical (unpaired) electrons. The van der Waals surface area contributed by atoms with Crippen LogP contribution in [0.1, 0.15) is 5.56 Å². The van der Waals surface area contributed by atoms with E-state index in [0.717, 1.165) is 6.07 Å². The maximum Gasteiger partial charge on any atom is 0.263 e. The summed E-state index contributed by atoms with van der Waals surface area (Å²) in [6.07, 6.45) is 1.25. The van der Waals surface area contributed by atoms with Crippen molar-refractivity contribution in [2.75, 3.05) is 7.11 Å². The van der Waals surface area contributed by atoms with Gasteiger partial charge in [-0.2, -0.15) is 0 Å². The molecule has 108 valence electrons. The van der Waals surface area contributed by atoms with Crippen molar-refractivity contribution in [1.82, 2.24) is 0 Å². The Balaban J connectivity index is 2.33. The largest absolute Gasteiger partial charge is 0.867 e. The molecule has 2 aromatic carbocycles. The molecule has 21 heavy (non-hydrogen) atoms. The van der Waals surface area contributed by atoms with Crippen LogP contribution in [0, 0.1) is 10.1 Å². The number of methoxy groups -OCH3 is 1. The molecule has 0 saturated carbocycles. The maximum atomic E-state index is 11.9. The molecule has 0 amide bonds. The first-order valence-corrected chi connectivity index (χ1v) is 6.22. The quantitative estimate of drug-likeness (QED) is 0.493. The molecular weight excluding hydrogens is 296 g/mol. The van der Waals surface area contributed by atoms with E-state index in [2.05, 4.69) is 4.99 Å². The standard InChI is InChI=1S/C14H11ClN2O4/c1-21-12-4-2-11(3-5-12)16-8-9-6-10(15)7-13(14(9)18)17(19)20/h2-8,18H,1H3/p-1. The number of nitro groups is 1. The van der Waals surface area contributed by atoms with Crippen molar-refractivity contribution < 1.29 is 14.8 Å². The average molecular weight is 306 g/mol. The van der Waals surface area contributed by atoms with Crippen LogP contribution in [0.15, 0.2) is 41.4 Å². The summed E-state index contributed by atoms with van der Waals surface area (Å²) >= 11 is 5.77. The SMILES string of the molecule is COc1ccc(N=Cc2cc(Cl)cc([N+](=O)[O-])c2[O-])cc1. The topological polar surface area (TPSA) is 87.8 Å². The van der Waals surface area contributed by atoms with Gasteiger partial charge in [0.2, 0.25) is 0 Å². The average Bonchev–Trinajstić information content (AvgIpc) is 2.48. The third-order valence-electron chi connectivity index (χ3n) is 2.68. The summed E-state index contributed by atoms with van der Waals surface area (Å²) in [6.45, 7) is 0. The highest BCUT2D eigenvalue weighted by Gasteiger charge is 2.11. The van der Waals surface area contributed by atoms with Gasteiger partial charge in [0, 0.05) is 17.3 Å². The van der Waals surface area contributed by atoms with Gasteiger partial charge in [-0.3, -0.25) is 15.1 Å². The first-order chi connectivity index (χ1) is 10.0. The van der Waals surface area contributed by atoms with Crippen LogP contribution in [0.4, 0.5) is 11.4 Å². The summed E-state index contributed by atoms with van der Waals surface area (Å²) in [5, 5.41) is 22.7. The van der Waals surface area contributed by atoms with Crippen molar-refractivity contribution in [3.05, 3.63) is 57.1 Å². The highest BCUT2D eigenvalue weighted by atomic mass is 35.5.